The van der Waals surface area contributed by atoms with Gasteiger partial charge in [0.2, 0.25) is 0 Å². The highest BCUT2D eigenvalue weighted by Crippen LogP contribution is 2.36. The highest BCUT2D eigenvalue weighted by molar-refractivity contribution is 6.30. The molecule has 0 atom stereocenters. The summed E-state index contributed by atoms with van der Waals surface area (Å²) in [7, 11) is 0. The highest BCUT2D eigenvalue weighted by atomic mass is 35.5. The summed E-state index contributed by atoms with van der Waals surface area (Å²) < 4.78 is 5.39. The van der Waals surface area contributed by atoms with Gasteiger partial charge in [-0.15, -0.1) is 11.6 Å². The zero-order valence-corrected chi connectivity index (χ0v) is 10.0. The van der Waals surface area contributed by atoms with Crippen molar-refractivity contribution < 1.29 is 4.74 Å². The van der Waals surface area contributed by atoms with Gasteiger partial charge in [-0.2, -0.15) is 0 Å². The largest absolute Gasteiger partial charge is 0.381 e. The predicted octanol–water partition coefficient (Wildman–Crippen LogP) is 3.63. The molecule has 0 aliphatic carbocycles. The maximum Gasteiger partial charge on any atom is 0.0474 e. The lowest BCUT2D eigenvalue weighted by Crippen LogP contribution is -2.35. The number of halogens is 2. The first kappa shape index (κ1) is 11.3. The summed E-state index contributed by atoms with van der Waals surface area (Å²) in [6, 6.07) is 8.02. The van der Waals surface area contributed by atoms with E-state index in [0.29, 0.717) is 5.88 Å². The summed E-state index contributed by atoms with van der Waals surface area (Å²) in [5, 5.41) is 0.781. The van der Waals surface area contributed by atoms with Crippen molar-refractivity contribution in [2.45, 2.75) is 18.3 Å². The molecule has 1 aliphatic heterocycles. The Balaban J connectivity index is 2.32. The van der Waals surface area contributed by atoms with Crippen LogP contribution in [0.1, 0.15) is 18.4 Å². The van der Waals surface area contributed by atoms with E-state index in [0.717, 1.165) is 31.1 Å². The first-order valence-corrected chi connectivity index (χ1v) is 6.08. The van der Waals surface area contributed by atoms with Gasteiger partial charge in [-0.3, -0.25) is 0 Å². The maximum absolute atomic E-state index is 6.13. The molecule has 1 nitrogen and oxygen atoms in total. The SMILES string of the molecule is ClCC1(c2cccc(Cl)c2)CCOCC1. The Hall–Kier alpha value is -0.240. The van der Waals surface area contributed by atoms with Crippen molar-refractivity contribution >= 4 is 23.2 Å². The van der Waals surface area contributed by atoms with Gasteiger partial charge >= 0.3 is 0 Å². The van der Waals surface area contributed by atoms with E-state index >= 15 is 0 Å². The standard InChI is InChI=1S/C12H14Cl2O/c13-9-12(4-6-15-7-5-12)10-2-1-3-11(14)8-10/h1-3,8H,4-7,9H2. The van der Waals surface area contributed by atoms with Gasteiger partial charge in [0.25, 0.3) is 0 Å². The Morgan fingerprint density at radius 3 is 2.60 bits per heavy atom. The number of alkyl halides is 1. The van der Waals surface area contributed by atoms with Gasteiger partial charge in [-0.25, -0.2) is 0 Å². The van der Waals surface area contributed by atoms with Crippen molar-refractivity contribution in [3.8, 4) is 0 Å². The fourth-order valence-corrected chi connectivity index (χ4v) is 2.69. The third-order valence-electron chi connectivity index (χ3n) is 3.14. The molecule has 0 radical (unpaired) electrons. The van der Waals surface area contributed by atoms with Crippen LogP contribution in [-0.2, 0) is 10.2 Å². The zero-order valence-electron chi connectivity index (χ0n) is 8.51. The first-order chi connectivity index (χ1) is 7.27. The first-order valence-electron chi connectivity index (χ1n) is 5.17. The van der Waals surface area contributed by atoms with Gasteiger partial charge in [0.15, 0.2) is 0 Å². The summed E-state index contributed by atoms with van der Waals surface area (Å²) in [6.45, 7) is 1.58. The number of benzene rings is 1. The molecule has 3 heteroatoms. The molecule has 0 spiro atoms. The molecule has 1 saturated heterocycles. The van der Waals surface area contributed by atoms with Crippen molar-refractivity contribution in [1.29, 1.82) is 0 Å². The molecule has 0 aromatic heterocycles. The summed E-state index contributed by atoms with van der Waals surface area (Å²) in [5.74, 6) is 0.636. The van der Waals surface area contributed by atoms with Crippen LogP contribution >= 0.6 is 23.2 Å². The van der Waals surface area contributed by atoms with Gasteiger partial charge in [0.1, 0.15) is 0 Å². The molecular formula is C12H14Cl2O. The zero-order chi connectivity index (χ0) is 10.7. The second kappa shape index (κ2) is 4.73. The molecule has 2 rings (SSSR count). The third-order valence-corrected chi connectivity index (χ3v) is 3.89. The van der Waals surface area contributed by atoms with Gasteiger partial charge in [0, 0.05) is 29.5 Å². The van der Waals surface area contributed by atoms with E-state index in [9.17, 15) is 0 Å². The number of hydrogen-bond donors (Lipinski definition) is 0. The van der Waals surface area contributed by atoms with Crippen LogP contribution in [0.25, 0.3) is 0 Å². The molecule has 1 aromatic rings. The molecule has 1 aliphatic rings. The molecular weight excluding hydrogens is 231 g/mol. The molecule has 0 amide bonds. The van der Waals surface area contributed by atoms with Crippen molar-refractivity contribution in [3.63, 3.8) is 0 Å². The van der Waals surface area contributed by atoms with Gasteiger partial charge in [-0.05, 0) is 30.5 Å². The van der Waals surface area contributed by atoms with E-state index in [-0.39, 0.29) is 5.41 Å². The van der Waals surface area contributed by atoms with Crippen LogP contribution in [0, 0.1) is 0 Å². The van der Waals surface area contributed by atoms with Crippen molar-refractivity contribution in [1.82, 2.24) is 0 Å². The minimum Gasteiger partial charge on any atom is -0.381 e. The molecule has 0 N–H and O–H groups in total. The van der Waals surface area contributed by atoms with Crippen LogP contribution in [0.4, 0.5) is 0 Å². The van der Waals surface area contributed by atoms with E-state index in [1.165, 1.54) is 5.56 Å². The normalized spacial score (nSPS) is 20.1. The molecule has 0 unspecified atom stereocenters. The van der Waals surface area contributed by atoms with E-state index in [2.05, 4.69) is 6.07 Å². The minimum atomic E-state index is 0.0602. The Morgan fingerprint density at radius 2 is 2.00 bits per heavy atom. The highest BCUT2D eigenvalue weighted by Gasteiger charge is 2.33. The van der Waals surface area contributed by atoms with Crippen LogP contribution < -0.4 is 0 Å². The lowest BCUT2D eigenvalue weighted by Gasteiger charge is -2.36. The van der Waals surface area contributed by atoms with Gasteiger partial charge in [0.05, 0.1) is 0 Å². The van der Waals surface area contributed by atoms with E-state index in [4.69, 9.17) is 27.9 Å². The Bertz CT molecular complexity index is 332. The summed E-state index contributed by atoms with van der Waals surface area (Å²) >= 11 is 12.1. The third kappa shape index (κ3) is 2.30. The fourth-order valence-electron chi connectivity index (χ4n) is 2.08. The lowest BCUT2D eigenvalue weighted by atomic mass is 9.76. The molecule has 15 heavy (non-hydrogen) atoms. The van der Waals surface area contributed by atoms with Gasteiger partial charge < -0.3 is 4.74 Å². The molecule has 0 saturated carbocycles. The number of hydrogen-bond acceptors (Lipinski definition) is 1. The van der Waals surface area contributed by atoms with Gasteiger partial charge in [-0.1, -0.05) is 23.7 Å². The second-order valence-corrected chi connectivity index (χ2v) is 4.74. The summed E-state index contributed by atoms with van der Waals surface area (Å²) in [5.41, 5.74) is 1.30. The maximum atomic E-state index is 6.13. The molecule has 1 aromatic carbocycles. The topological polar surface area (TPSA) is 9.23 Å². The van der Waals surface area contributed by atoms with Crippen LogP contribution in [0.2, 0.25) is 5.02 Å². The summed E-state index contributed by atoms with van der Waals surface area (Å²) in [4.78, 5) is 0. The summed E-state index contributed by atoms with van der Waals surface area (Å²) in [6.07, 6.45) is 1.97. The van der Waals surface area contributed by atoms with Crippen LogP contribution in [0.5, 0.6) is 0 Å². The monoisotopic (exact) mass is 244 g/mol. The van der Waals surface area contributed by atoms with Crippen LogP contribution in [0.15, 0.2) is 24.3 Å². The van der Waals surface area contributed by atoms with E-state index in [1.807, 2.05) is 18.2 Å². The molecule has 0 bridgehead atoms. The molecule has 1 heterocycles. The van der Waals surface area contributed by atoms with Crippen LogP contribution in [-0.4, -0.2) is 19.1 Å². The van der Waals surface area contributed by atoms with Crippen molar-refractivity contribution in [3.05, 3.63) is 34.9 Å². The average molecular weight is 245 g/mol. The smallest absolute Gasteiger partial charge is 0.0474 e. The Morgan fingerprint density at radius 1 is 1.27 bits per heavy atom. The van der Waals surface area contributed by atoms with Crippen LogP contribution in [0.3, 0.4) is 0 Å². The number of ether oxygens (including phenoxy) is 1. The van der Waals surface area contributed by atoms with E-state index < -0.39 is 0 Å². The van der Waals surface area contributed by atoms with Crippen molar-refractivity contribution in [2.75, 3.05) is 19.1 Å². The molecule has 82 valence electrons. The minimum absolute atomic E-state index is 0.0602. The van der Waals surface area contributed by atoms with Crippen molar-refractivity contribution in [2.24, 2.45) is 0 Å². The number of rotatable bonds is 2. The lowest BCUT2D eigenvalue weighted by molar-refractivity contribution is 0.0575. The quantitative estimate of drug-likeness (QED) is 0.723. The second-order valence-electron chi connectivity index (χ2n) is 4.04. The Labute approximate surface area is 100 Å². The molecule has 1 fully saturated rings. The fraction of sp³-hybridized carbons (Fsp3) is 0.500. The Kier molecular flexibility index (Phi) is 3.55. The average Bonchev–Trinajstić information content (AvgIpc) is 2.30. The predicted molar refractivity (Wildman–Crippen MR) is 63.9 cm³/mol. The van der Waals surface area contributed by atoms with E-state index in [1.54, 1.807) is 0 Å².